The summed E-state index contributed by atoms with van der Waals surface area (Å²) in [5.74, 6) is 0.797. The van der Waals surface area contributed by atoms with Crippen molar-refractivity contribution in [2.45, 2.75) is 6.92 Å². The molecule has 1 heterocycles. The standard InChI is InChI=1S/C16H13ClN2/c1-11-4-2-6-13(10-11)18-15-9-8-12-5-3-7-14(17)16(12)19-15/h2-10H,1H3,(H,18,19). The van der Waals surface area contributed by atoms with Crippen LogP contribution in [0.2, 0.25) is 5.02 Å². The van der Waals surface area contributed by atoms with Gasteiger partial charge in [0.25, 0.3) is 0 Å². The van der Waals surface area contributed by atoms with Gasteiger partial charge in [-0.3, -0.25) is 0 Å². The van der Waals surface area contributed by atoms with E-state index < -0.39 is 0 Å². The SMILES string of the molecule is Cc1cccc(Nc2ccc3cccc(Cl)c3n2)c1. The Morgan fingerprint density at radius 3 is 2.68 bits per heavy atom. The van der Waals surface area contributed by atoms with Crippen LogP contribution < -0.4 is 5.32 Å². The fourth-order valence-corrected chi connectivity index (χ4v) is 2.28. The summed E-state index contributed by atoms with van der Waals surface area (Å²) in [7, 11) is 0. The fourth-order valence-electron chi connectivity index (χ4n) is 2.05. The summed E-state index contributed by atoms with van der Waals surface area (Å²) in [6.45, 7) is 2.07. The van der Waals surface area contributed by atoms with E-state index in [1.54, 1.807) is 0 Å². The number of halogens is 1. The molecule has 3 rings (SSSR count). The number of para-hydroxylation sites is 1. The predicted molar refractivity (Wildman–Crippen MR) is 81.2 cm³/mol. The largest absolute Gasteiger partial charge is 0.340 e. The van der Waals surface area contributed by atoms with Crippen molar-refractivity contribution in [1.29, 1.82) is 0 Å². The Kier molecular flexibility index (Phi) is 3.10. The third-order valence-corrected chi connectivity index (χ3v) is 3.27. The molecule has 0 unspecified atom stereocenters. The van der Waals surface area contributed by atoms with Gasteiger partial charge in [-0.2, -0.15) is 0 Å². The minimum atomic E-state index is 0.672. The molecule has 3 heteroatoms. The lowest BCUT2D eigenvalue weighted by molar-refractivity contribution is 1.36. The van der Waals surface area contributed by atoms with E-state index in [0.29, 0.717) is 5.02 Å². The molecule has 2 nitrogen and oxygen atoms in total. The van der Waals surface area contributed by atoms with E-state index in [1.807, 2.05) is 42.5 Å². The van der Waals surface area contributed by atoms with Gasteiger partial charge in [0.2, 0.25) is 0 Å². The Morgan fingerprint density at radius 1 is 1.00 bits per heavy atom. The van der Waals surface area contributed by atoms with Crippen molar-refractivity contribution in [2.75, 3.05) is 5.32 Å². The molecule has 0 aliphatic carbocycles. The summed E-state index contributed by atoms with van der Waals surface area (Å²) in [4.78, 5) is 4.56. The van der Waals surface area contributed by atoms with Gasteiger partial charge < -0.3 is 5.32 Å². The average Bonchev–Trinajstić information content (AvgIpc) is 2.40. The lowest BCUT2D eigenvalue weighted by Gasteiger charge is -2.08. The molecule has 1 N–H and O–H groups in total. The Morgan fingerprint density at radius 2 is 1.84 bits per heavy atom. The van der Waals surface area contributed by atoms with Crippen molar-refractivity contribution in [3.63, 3.8) is 0 Å². The first-order chi connectivity index (χ1) is 9.22. The number of nitrogens with zero attached hydrogens (tertiary/aromatic N) is 1. The first-order valence-electron chi connectivity index (χ1n) is 6.11. The monoisotopic (exact) mass is 268 g/mol. The number of anilines is 2. The molecule has 19 heavy (non-hydrogen) atoms. The van der Waals surface area contributed by atoms with Gasteiger partial charge >= 0.3 is 0 Å². The Bertz CT molecular complexity index is 738. The van der Waals surface area contributed by atoms with Crippen LogP contribution in [0.1, 0.15) is 5.56 Å². The van der Waals surface area contributed by atoms with Crippen LogP contribution in [0, 0.1) is 6.92 Å². The van der Waals surface area contributed by atoms with Crippen LogP contribution in [0.15, 0.2) is 54.6 Å². The molecule has 3 aromatic rings. The molecule has 94 valence electrons. The molecule has 0 spiro atoms. The van der Waals surface area contributed by atoms with Crippen LogP contribution in [0.4, 0.5) is 11.5 Å². The molecule has 0 saturated heterocycles. The molecule has 0 aliphatic heterocycles. The Balaban J connectivity index is 2.00. The highest BCUT2D eigenvalue weighted by Crippen LogP contribution is 2.24. The number of benzene rings is 2. The Hall–Kier alpha value is -2.06. The first-order valence-corrected chi connectivity index (χ1v) is 6.49. The minimum absolute atomic E-state index is 0.672. The highest BCUT2D eigenvalue weighted by atomic mass is 35.5. The second-order valence-electron chi connectivity index (χ2n) is 4.50. The van der Waals surface area contributed by atoms with Gasteiger partial charge in [0.05, 0.1) is 10.5 Å². The van der Waals surface area contributed by atoms with Crippen molar-refractivity contribution < 1.29 is 0 Å². The maximum atomic E-state index is 6.17. The van der Waals surface area contributed by atoms with Crippen LogP contribution >= 0.6 is 11.6 Å². The van der Waals surface area contributed by atoms with Crippen molar-refractivity contribution >= 4 is 34.0 Å². The van der Waals surface area contributed by atoms with Gasteiger partial charge in [-0.25, -0.2) is 4.98 Å². The molecule has 0 bridgehead atoms. The van der Waals surface area contributed by atoms with Gasteiger partial charge in [0.15, 0.2) is 0 Å². The predicted octanol–water partition coefficient (Wildman–Crippen LogP) is 4.94. The van der Waals surface area contributed by atoms with Crippen molar-refractivity contribution in [3.8, 4) is 0 Å². The van der Waals surface area contributed by atoms with Crippen LogP contribution in [0.3, 0.4) is 0 Å². The summed E-state index contributed by atoms with van der Waals surface area (Å²) in [6, 6.07) is 18.0. The van der Waals surface area contributed by atoms with E-state index in [9.17, 15) is 0 Å². The second-order valence-corrected chi connectivity index (χ2v) is 4.91. The van der Waals surface area contributed by atoms with Crippen molar-refractivity contribution in [3.05, 3.63) is 65.2 Å². The number of aryl methyl sites for hydroxylation is 1. The van der Waals surface area contributed by atoms with E-state index in [2.05, 4.69) is 29.4 Å². The number of aromatic nitrogens is 1. The third kappa shape index (κ3) is 2.54. The van der Waals surface area contributed by atoms with Crippen LogP contribution in [-0.4, -0.2) is 4.98 Å². The Labute approximate surface area is 117 Å². The molecule has 2 aromatic carbocycles. The zero-order valence-electron chi connectivity index (χ0n) is 10.5. The number of rotatable bonds is 2. The molecular weight excluding hydrogens is 256 g/mol. The molecule has 0 aliphatic rings. The second kappa shape index (κ2) is 4.90. The van der Waals surface area contributed by atoms with E-state index in [-0.39, 0.29) is 0 Å². The summed E-state index contributed by atoms with van der Waals surface area (Å²) in [6.07, 6.45) is 0. The lowest BCUT2D eigenvalue weighted by atomic mass is 10.2. The van der Waals surface area contributed by atoms with E-state index >= 15 is 0 Å². The fraction of sp³-hybridized carbons (Fsp3) is 0.0625. The maximum absolute atomic E-state index is 6.17. The summed E-state index contributed by atoms with van der Waals surface area (Å²) in [5, 5.41) is 5.01. The number of pyridine rings is 1. The summed E-state index contributed by atoms with van der Waals surface area (Å²) < 4.78 is 0. The third-order valence-electron chi connectivity index (χ3n) is 2.96. The number of nitrogens with one attached hydrogen (secondary N) is 1. The van der Waals surface area contributed by atoms with Gasteiger partial charge in [-0.05, 0) is 42.8 Å². The van der Waals surface area contributed by atoms with Crippen molar-refractivity contribution in [1.82, 2.24) is 4.98 Å². The zero-order valence-corrected chi connectivity index (χ0v) is 11.3. The normalized spacial score (nSPS) is 10.6. The first kappa shape index (κ1) is 12.0. The summed E-state index contributed by atoms with van der Waals surface area (Å²) >= 11 is 6.17. The maximum Gasteiger partial charge on any atom is 0.131 e. The van der Waals surface area contributed by atoms with E-state index in [4.69, 9.17) is 11.6 Å². The van der Waals surface area contributed by atoms with Gasteiger partial charge in [-0.15, -0.1) is 0 Å². The lowest BCUT2D eigenvalue weighted by Crippen LogP contribution is -1.94. The average molecular weight is 269 g/mol. The van der Waals surface area contributed by atoms with Gasteiger partial charge in [0.1, 0.15) is 5.82 Å². The smallest absolute Gasteiger partial charge is 0.131 e. The quantitative estimate of drug-likeness (QED) is 0.712. The number of hydrogen-bond acceptors (Lipinski definition) is 2. The van der Waals surface area contributed by atoms with E-state index in [1.165, 1.54) is 5.56 Å². The zero-order chi connectivity index (χ0) is 13.2. The number of hydrogen-bond donors (Lipinski definition) is 1. The molecular formula is C16H13ClN2. The van der Waals surface area contributed by atoms with E-state index in [0.717, 1.165) is 22.4 Å². The highest BCUT2D eigenvalue weighted by molar-refractivity contribution is 6.35. The van der Waals surface area contributed by atoms with Crippen molar-refractivity contribution in [2.24, 2.45) is 0 Å². The molecule has 0 atom stereocenters. The van der Waals surface area contributed by atoms with Crippen LogP contribution in [0.5, 0.6) is 0 Å². The van der Waals surface area contributed by atoms with Crippen LogP contribution in [0.25, 0.3) is 10.9 Å². The molecule has 0 fully saturated rings. The van der Waals surface area contributed by atoms with Crippen LogP contribution in [-0.2, 0) is 0 Å². The molecule has 0 amide bonds. The van der Waals surface area contributed by atoms with Gasteiger partial charge in [-0.1, -0.05) is 35.9 Å². The molecule has 0 radical (unpaired) electrons. The molecule has 1 aromatic heterocycles. The highest BCUT2D eigenvalue weighted by Gasteiger charge is 2.02. The molecule has 0 saturated carbocycles. The minimum Gasteiger partial charge on any atom is -0.340 e. The topological polar surface area (TPSA) is 24.9 Å². The summed E-state index contributed by atoms with van der Waals surface area (Å²) in [5.41, 5.74) is 3.06. The van der Waals surface area contributed by atoms with Gasteiger partial charge in [0, 0.05) is 11.1 Å². The number of fused-ring (bicyclic) bond motifs is 1.